The Morgan fingerprint density at radius 2 is 1.71 bits per heavy atom. The average Bonchev–Trinajstić information content (AvgIpc) is 2.67. The number of benzene rings is 2. The van der Waals surface area contributed by atoms with Crippen molar-refractivity contribution in [2.45, 2.75) is 11.3 Å². The minimum absolute atomic E-state index is 0.0649. The Morgan fingerprint density at radius 1 is 0.964 bits per heavy atom. The van der Waals surface area contributed by atoms with Crippen molar-refractivity contribution >= 4 is 20.9 Å². The molecule has 148 valence electrons. The second-order valence-corrected chi connectivity index (χ2v) is 7.72. The minimum atomic E-state index is -3.83. The second kappa shape index (κ2) is 7.87. The van der Waals surface area contributed by atoms with Crippen LogP contribution in [0.1, 0.15) is 5.56 Å². The predicted molar refractivity (Wildman–Crippen MR) is 104 cm³/mol. The quantitative estimate of drug-likeness (QED) is 0.532. The Hall–Kier alpha value is -3.11. The largest absolute Gasteiger partial charge is 0.493 e. The van der Waals surface area contributed by atoms with E-state index in [4.69, 9.17) is 9.47 Å². The third kappa shape index (κ3) is 4.07. The number of nitrogens with one attached hydrogen (secondary N) is 3. The van der Waals surface area contributed by atoms with Crippen molar-refractivity contribution < 1.29 is 17.9 Å². The molecule has 0 bridgehead atoms. The monoisotopic (exact) mass is 405 g/mol. The van der Waals surface area contributed by atoms with Crippen molar-refractivity contribution in [2.75, 3.05) is 20.8 Å². The first-order valence-electron chi connectivity index (χ1n) is 8.31. The second-order valence-electron chi connectivity index (χ2n) is 5.95. The molecule has 3 rings (SSSR count). The molecule has 3 aromatic rings. The summed E-state index contributed by atoms with van der Waals surface area (Å²) in [5.74, 6) is 1.15. The number of hydrogen-bond donors (Lipinski definition) is 3. The topological polar surface area (TPSA) is 130 Å². The number of ether oxygens (including phenoxy) is 2. The molecule has 0 radical (unpaired) electrons. The lowest BCUT2D eigenvalue weighted by atomic mass is 10.1. The summed E-state index contributed by atoms with van der Waals surface area (Å²) in [4.78, 5) is 27.6. The first-order valence-corrected chi connectivity index (χ1v) is 9.79. The highest BCUT2D eigenvalue weighted by atomic mass is 32.2. The predicted octanol–water partition coefficient (Wildman–Crippen LogP) is 0.755. The third-order valence-electron chi connectivity index (χ3n) is 4.17. The maximum Gasteiger partial charge on any atom is 0.326 e. The number of aromatic amines is 2. The van der Waals surface area contributed by atoms with E-state index in [9.17, 15) is 18.0 Å². The molecule has 9 nitrogen and oxygen atoms in total. The molecule has 0 aliphatic heterocycles. The zero-order valence-corrected chi connectivity index (χ0v) is 16.1. The van der Waals surface area contributed by atoms with E-state index in [0.717, 1.165) is 5.56 Å². The van der Waals surface area contributed by atoms with Crippen molar-refractivity contribution in [2.24, 2.45) is 0 Å². The van der Waals surface area contributed by atoms with E-state index in [0.29, 0.717) is 17.9 Å². The lowest BCUT2D eigenvalue weighted by Crippen LogP contribution is -2.27. The van der Waals surface area contributed by atoms with E-state index in [1.54, 1.807) is 12.1 Å². The average molecular weight is 405 g/mol. The molecule has 0 fully saturated rings. The summed E-state index contributed by atoms with van der Waals surface area (Å²) in [5.41, 5.74) is -0.173. The summed E-state index contributed by atoms with van der Waals surface area (Å²) in [7, 11) is -0.764. The van der Waals surface area contributed by atoms with Gasteiger partial charge < -0.3 is 14.5 Å². The van der Waals surface area contributed by atoms with Crippen LogP contribution in [0.3, 0.4) is 0 Å². The molecule has 3 N–H and O–H groups in total. The molecule has 0 spiro atoms. The molecule has 0 amide bonds. The summed E-state index contributed by atoms with van der Waals surface area (Å²) in [6, 6.07) is 9.29. The van der Waals surface area contributed by atoms with Gasteiger partial charge >= 0.3 is 5.69 Å². The smallest absolute Gasteiger partial charge is 0.326 e. The molecule has 1 heterocycles. The summed E-state index contributed by atoms with van der Waals surface area (Å²) in [6.07, 6.45) is 0.432. The van der Waals surface area contributed by atoms with E-state index in [2.05, 4.69) is 14.7 Å². The number of H-pyrrole nitrogens is 2. The molecule has 2 aromatic carbocycles. The van der Waals surface area contributed by atoms with Crippen molar-refractivity contribution in [1.29, 1.82) is 0 Å². The Balaban J connectivity index is 1.76. The van der Waals surface area contributed by atoms with E-state index in [-0.39, 0.29) is 22.3 Å². The highest BCUT2D eigenvalue weighted by molar-refractivity contribution is 7.89. The Bertz CT molecular complexity index is 1230. The molecule has 0 saturated carbocycles. The fourth-order valence-electron chi connectivity index (χ4n) is 2.76. The van der Waals surface area contributed by atoms with Gasteiger partial charge in [0.05, 0.1) is 30.0 Å². The lowest BCUT2D eigenvalue weighted by Gasteiger charge is -2.10. The number of methoxy groups -OCH3 is 2. The van der Waals surface area contributed by atoms with Crippen LogP contribution in [0.2, 0.25) is 0 Å². The molecule has 28 heavy (non-hydrogen) atoms. The number of hydrogen-bond acceptors (Lipinski definition) is 6. The summed E-state index contributed by atoms with van der Waals surface area (Å²) >= 11 is 0. The Labute approximate surface area is 160 Å². The normalized spacial score (nSPS) is 11.5. The fraction of sp³-hybridized carbons (Fsp3) is 0.222. The molecule has 0 unspecified atom stereocenters. The zero-order valence-electron chi connectivity index (χ0n) is 15.2. The van der Waals surface area contributed by atoms with Gasteiger partial charge in [-0.15, -0.1) is 0 Å². The van der Waals surface area contributed by atoms with Gasteiger partial charge in [-0.05, 0) is 42.3 Å². The standard InChI is InChI=1S/C18H19N3O6S/c1-26-15-6-3-11(9-16(15)27-2)7-8-19-28(24,25)12-4-5-14-13(10-12)17(22)21-18(23)20-14/h3-6,9-10,19H,7-8H2,1-2H3,(H2,20,21,22,23). The molecule has 0 aliphatic rings. The van der Waals surface area contributed by atoms with Crippen molar-refractivity contribution in [3.05, 3.63) is 62.8 Å². The van der Waals surface area contributed by atoms with Crippen LogP contribution in [-0.2, 0) is 16.4 Å². The third-order valence-corrected chi connectivity index (χ3v) is 5.63. The molecule has 1 aromatic heterocycles. The maximum atomic E-state index is 12.5. The van der Waals surface area contributed by atoms with Crippen LogP contribution in [0.4, 0.5) is 0 Å². The van der Waals surface area contributed by atoms with Crippen LogP contribution in [0, 0.1) is 0 Å². The van der Waals surface area contributed by atoms with Crippen LogP contribution >= 0.6 is 0 Å². The Kier molecular flexibility index (Phi) is 5.52. The zero-order chi connectivity index (χ0) is 20.3. The van der Waals surface area contributed by atoms with Gasteiger partial charge in [-0.1, -0.05) is 6.07 Å². The Morgan fingerprint density at radius 3 is 2.43 bits per heavy atom. The van der Waals surface area contributed by atoms with Gasteiger partial charge in [-0.3, -0.25) is 9.78 Å². The molecular formula is C18H19N3O6S. The highest BCUT2D eigenvalue weighted by Crippen LogP contribution is 2.27. The van der Waals surface area contributed by atoms with Gasteiger partial charge in [0.15, 0.2) is 11.5 Å². The van der Waals surface area contributed by atoms with Crippen LogP contribution in [0.5, 0.6) is 11.5 Å². The molecule has 0 atom stereocenters. The van der Waals surface area contributed by atoms with Crippen LogP contribution in [-0.4, -0.2) is 39.2 Å². The van der Waals surface area contributed by atoms with Gasteiger partial charge in [0.2, 0.25) is 10.0 Å². The first-order chi connectivity index (χ1) is 13.3. The van der Waals surface area contributed by atoms with E-state index in [1.165, 1.54) is 32.4 Å². The lowest BCUT2D eigenvalue weighted by molar-refractivity contribution is 0.354. The molecular weight excluding hydrogens is 386 g/mol. The van der Waals surface area contributed by atoms with Gasteiger partial charge in [0.25, 0.3) is 5.56 Å². The van der Waals surface area contributed by atoms with Crippen molar-refractivity contribution in [3.8, 4) is 11.5 Å². The number of rotatable bonds is 7. The van der Waals surface area contributed by atoms with E-state index >= 15 is 0 Å². The summed E-state index contributed by atoms with van der Waals surface area (Å²) in [5, 5.41) is 0.0855. The molecule has 10 heteroatoms. The van der Waals surface area contributed by atoms with Crippen molar-refractivity contribution in [3.63, 3.8) is 0 Å². The summed E-state index contributed by atoms with van der Waals surface area (Å²) < 4.78 is 38.0. The SMILES string of the molecule is COc1ccc(CCNS(=O)(=O)c2ccc3[nH]c(=O)[nH]c(=O)c3c2)cc1OC. The number of sulfonamides is 1. The molecule has 0 saturated heterocycles. The van der Waals surface area contributed by atoms with Gasteiger partial charge in [-0.25, -0.2) is 17.9 Å². The minimum Gasteiger partial charge on any atom is -0.493 e. The van der Waals surface area contributed by atoms with Crippen LogP contribution < -0.4 is 25.4 Å². The van der Waals surface area contributed by atoms with E-state index in [1.807, 2.05) is 6.07 Å². The molecule has 0 aliphatic carbocycles. The van der Waals surface area contributed by atoms with Crippen molar-refractivity contribution in [1.82, 2.24) is 14.7 Å². The number of aromatic nitrogens is 2. The van der Waals surface area contributed by atoms with E-state index < -0.39 is 21.3 Å². The maximum absolute atomic E-state index is 12.5. The van der Waals surface area contributed by atoms with Crippen LogP contribution in [0.15, 0.2) is 50.9 Å². The van der Waals surface area contributed by atoms with Crippen LogP contribution in [0.25, 0.3) is 10.9 Å². The van der Waals surface area contributed by atoms with Gasteiger partial charge in [0.1, 0.15) is 0 Å². The number of fused-ring (bicyclic) bond motifs is 1. The fourth-order valence-corrected chi connectivity index (χ4v) is 3.82. The van der Waals surface area contributed by atoms with Gasteiger partial charge in [0, 0.05) is 6.54 Å². The van der Waals surface area contributed by atoms with Gasteiger partial charge in [-0.2, -0.15) is 0 Å². The summed E-state index contributed by atoms with van der Waals surface area (Å²) in [6.45, 7) is 0.151. The highest BCUT2D eigenvalue weighted by Gasteiger charge is 2.15. The first kappa shape index (κ1) is 19.6.